The number of aryl methyl sites for hydroxylation is 1. The average molecular weight is 363 g/mol. The van der Waals surface area contributed by atoms with Crippen LogP contribution >= 0.6 is 11.3 Å². The number of rotatable bonds is 3. The van der Waals surface area contributed by atoms with Gasteiger partial charge in [0.25, 0.3) is 0 Å². The molecular weight excluding hydrogens is 351 g/mol. The van der Waals surface area contributed by atoms with E-state index in [1.165, 1.54) is 11.3 Å². The maximum atomic E-state index is 13.6. The van der Waals surface area contributed by atoms with Gasteiger partial charge in [0.15, 0.2) is 17.5 Å². The molecule has 128 valence electrons. The molecule has 25 heavy (non-hydrogen) atoms. The van der Waals surface area contributed by atoms with E-state index in [2.05, 4.69) is 15.6 Å². The predicted molar refractivity (Wildman–Crippen MR) is 91.2 cm³/mol. The molecule has 1 aromatic heterocycles. The minimum Gasteiger partial charge on any atom is -0.308 e. The minimum absolute atomic E-state index is 0.448. The summed E-state index contributed by atoms with van der Waals surface area (Å²) in [5.74, 6) is -4.42. The SMILES string of the molecule is Cc1nc(-c2cccc(NC(=O)Nc3ccc(F)c(F)c3F)c2)cs1. The standard InChI is InChI=1S/C17H12F3N3OS/c1-9-21-14(8-25-9)10-3-2-4-11(7-10)22-17(24)23-13-6-5-12(18)15(19)16(13)20/h2-8H,1H3,(H2,22,23,24). The number of benzene rings is 2. The van der Waals surface area contributed by atoms with E-state index in [0.29, 0.717) is 5.69 Å². The number of urea groups is 1. The second-order valence-electron chi connectivity index (χ2n) is 5.13. The number of carbonyl (C=O) groups excluding carboxylic acids is 1. The molecule has 4 nitrogen and oxygen atoms in total. The minimum atomic E-state index is -1.64. The predicted octanol–water partition coefficient (Wildman–Crippen LogP) is 5.18. The van der Waals surface area contributed by atoms with Crippen molar-refractivity contribution in [2.24, 2.45) is 0 Å². The third-order valence-electron chi connectivity index (χ3n) is 3.32. The molecule has 0 saturated heterocycles. The Bertz CT molecular complexity index is 943. The van der Waals surface area contributed by atoms with Crippen molar-refractivity contribution >= 4 is 28.7 Å². The highest BCUT2D eigenvalue weighted by Gasteiger charge is 2.15. The number of nitrogens with one attached hydrogen (secondary N) is 2. The Morgan fingerprint density at radius 3 is 2.60 bits per heavy atom. The van der Waals surface area contributed by atoms with Crippen LogP contribution in [0.25, 0.3) is 11.3 Å². The van der Waals surface area contributed by atoms with Gasteiger partial charge in [0.2, 0.25) is 0 Å². The zero-order chi connectivity index (χ0) is 18.0. The number of aromatic nitrogens is 1. The summed E-state index contributed by atoms with van der Waals surface area (Å²) in [6.45, 7) is 1.89. The summed E-state index contributed by atoms with van der Waals surface area (Å²) < 4.78 is 39.7. The zero-order valence-electron chi connectivity index (χ0n) is 12.9. The van der Waals surface area contributed by atoms with Gasteiger partial charge < -0.3 is 10.6 Å². The van der Waals surface area contributed by atoms with Crippen LogP contribution in [0.2, 0.25) is 0 Å². The van der Waals surface area contributed by atoms with Gasteiger partial charge in [0, 0.05) is 16.6 Å². The lowest BCUT2D eigenvalue weighted by Gasteiger charge is -2.10. The number of carbonyl (C=O) groups is 1. The molecule has 1 heterocycles. The van der Waals surface area contributed by atoms with Gasteiger partial charge in [0.05, 0.1) is 16.4 Å². The maximum absolute atomic E-state index is 13.6. The molecule has 2 N–H and O–H groups in total. The fraction of sp³-hybridized carbons (Fsp3) is 0.0588. The number of amides is 2. The van der Waals surface area contributed by atoms with Gasteiger partial charge in [-0.05, 0) is 31.2 Å². The van der Waals surface area contributed by atoms with E-state index in [9.17, 15) is 18.0 Å². The van der Waals surface area contributed by atoms with E-state index in [4.69, 9.17) is 0 Å². The largest absolute Gasteiger partial charge is 0.323 e. The summed E-state index contributed by atoms with van der Waals surface area (Å²) >= 11 is 1.51. The van der Waals surface area contributed by atoms with E-state index >= 15 is 0 Å². The molecule has 2 amide bonds. The quantitative estimate of drug-likeness (QED) is 0.630. The molecule has 0 unspecified atom stereocenters. The molecule has 0 atom stereocenters. The highest BCUT2D eigenvalue weighted by Crippen LogP contribution is 2.24. The molecule has 0 aliphatic rings. The van der Waals surface area contributed by atoms with Crippen LogP contribution in [-0.2, 0) is 0 Å². The molecule has 8 heteroatoms. The van der Waals surface area contributed by atoms with Crippen LogP contribution < -0.4 is 10.6 Å². The highest BCUT2D eigenvalue weighted by molar-refractivity contribution is 7.09. The number of anilines is 2. The second kappa shape index (κ2) is 6.94. The van der Waals surface area contributed by atoms with E-state index in [0.717, 1.165) is 28.4 Å². The second-order valence-corrected chi connectivity index (χ2v) is 6.20. The van der Waals surface area contributed by atoms with Crippen LogP contribution in [0.5, 0.6) is 0 Å². The number of halogens is 3. The molecular formula is C17H12F3N3OS. The summed E-state index contributed by atoms with van der Waals surface area (Å²) in [6, 6.07) is 7.82. The van der Waals surface area contributed by atoms with Crippen molar-refractivity contribution in [1.82, 2.24) is 4.98 Å². The fourth-order valence-electron chi connectivity index (χ4n) is 2.16. The lowest BCUT2D eigenvalue weighted by molar-refractivity contribution is 0.262. The molecule has 0 aliphatic carbocycles. The van der Waals surface area contributed by atoms with Gasteiger partial charge in [-0.1, -0.05) is 12.1 Å². The third kappa shape index (κ3) is 3.80. The van der Waals surface area contributed by atoms with Crippen LogP contribution in [0.1, 0.15) is 5.01 Å². The lowest BCUT2D eigenvalue weighted by Crippen LogP contribution is -2.20. The fourth-order valence-corrected chi connectivity index (χ4v) is 2.78. The van der Waals surface area contributed by atoms with E-state index in [1.807, 2.05) is 18.4 Å². The van der Waals surface area contributed by atoms with Crippen molar-refractivity contribution in [3.63, 3.8) is 0 Å². The van der Waals surface area contributed by atoms with Gasteiger partial charge in [-0.2, -0.15) is 0 Å². The summed E-state index contributed by atoms with van der Waals surface area (Å²) in [5.41, 5.74) is 1.57. The van der Waals surface area contributed by atoms with Crippen LogP contribution in [0.4, 0.5) is 29.3 Å². The van der Waals surface area contributed by atoms with Crippen molar-refractivity contribution in [3.05, 3.63) is 64.2 Å². The Morgan fingerprint density at radius 1 is 1.08 bits per heavy atom. The first-order chi connectivity index (χ1) is 11.9. The summed E-state index contributed by atoms with van der Waals surface area (Å²) in [7, 11) is 0. The summed E-state index contributed by atoms with van der Waals surface area (Å²) in [6.07, 6.45) is 0. The normalized spacial score (nSPS) is 10.6. The van der Waals surface area contributed by atoms with Crippen LogP contribution in [0, 0.1) is 24.4 Å². The highest BCUT2D eigenvalue weighted by atomic mass is 32.1. The summed E-state index contributed by atoms with van der Waals surface area (Å²) in [4.78, 5) is 16.3. The van der Waals surface area contributed by atoms with Crippen molar-refractivity contribution in [2.45, 2.75) is 6.92 Å². The van der Waals surface area contributed by atoms with Crippen molar-refractivity contribution < 1.29 is 18.0 Å². The molecule has 0 fully saturated rings. The van der Waals surface area contributed by atoms with Gasteiger partial charge in [-0.25, -0.2) is 22.9 Å². The number of thiazole rings is 1. The van der Waals surface area contributed by atoms with Crippen LogP contribution in [0.3, 0.4) is 0 Å². The van der Waals surface area contributed by atoms with E-state index < -0.39 is 29.2 Å². The van der Waals surface area contributed by atoms with Crippen LogP contribution in [-0.4, -0.2) is 11.0 Å². The molecule has 0 radical (unpaired) electrons. The van der Waals surface area contributed by atoms with Crippen molar-refractivity contribution in [2.75, 3.05) is 10.6 Å². The number of hydrogen-bond donors (Lipinski definition) is 2. The van der Waals surface area contributed by atoms with Gasteiger partial charge in [0.1, 0.15) is 0 Å². The third-order valence-corrected chi connectivity index (χ3v) is 4.09. The average Bonchev–Trinajstić information content (AvgIpc) is 3.02. The zero-order valence-corrected chi connectivity index (χ0v) is 13.8. The first kappa shape index (κ1) is 17.0. The molecule has 2 aromatic carbocycles. The Morgan fingerprint density at radius 2 is 1.88 bits per heavy atom. The Labute approximate surface area is 145 Å². The molecule has 0 spiro atoms. The molecule has 0 bridgehead atoms. The first-order valence-corrected chi connectivity index (χ1v) is 8.06. The Balaban J connectivity index is 1.74. The smallest absolute Gasteiger partial charge is 0.308 e. The molecule has 3 rings (SSSR count). The lowest BCUT2D eigenvalue weighted by atomic mass is 10.1. The van der Waals surface area contributed by atoms with Crippen molar-refractivity contribution in [3.8, 4) is 11.3 Å². The number of hydrogen-bond acceptors (Lipinski definition) is 3. The van der Waals surface area contributed by atoms with Crippen molar-refractivity contribution in [1.29, 1.82) is 0 Å². The first-order valence-electron chi connectivity index (χ1n) is 7.18. The molecule has 0 saturated carbocycles. The molecule has 0 aliphatic heterocycles. The Kier molecular flexibility index (Phi) is 4.71. The molecule has 3 aromatic rings. The summed E-state index contributed by atoms with van der Waals surface area (Å²) in [5, 5.41) is 7.47. The van der Waals surface area contributed by atoms with E-state index in [1.54, 1.807) is 18.2 Å². The number of nitrogens with zero attached hydrogens (tertiary/aromatic N) is 1. The maximum Gasteiger partial charge on any atom is 0.323 e. The van der Waals surface area contributed by atoms with Crippen LogP contribution in [0.15, 0.2) is 41.8 Å². The monoisotopic (exact) mass is 363 g/mol. The Hall–Kier alpha value is -2.87. The van der Waals surface area contributed by atoms with Gasteiger partial charge in [-0.3, -0.25) is 0 Å². The van der Waals surface area contributed by atoms with E-state index in [-0.39, 0.29) is 0 Å². The van der Waals surface area contributed by atoms with Gasteiger partial charge >= 0.3 is 6.03 Å². The van der Waals surface area contributed by atoms with Gasteiger partial charge in [-0.15, -0.1) is 11.3 Å². The topological polar surface area (TPSA) is 54.0 Å².